The fraction of sp³-hybridized carbons (Fsp3) is 0.250. The molecule has 0 N–H and O–H groups in total. The Hall–Kier alpha value is -1.64. The third kappa shape index (κ3) is 1.91. The molecule has 2 nitrogen and oxygen atoms in total. The molecule has 1 aromatic heterocycles. The summed E-state index contributed by atoms with van der Waals surface area (Å²) in [5, 5.41) is 0. The summed E-state index contributed by atoms with van der Waals surface area (Å²) in [6.07, 6.45) is 1.65. The van der Waals surface area contributed by atoms with Gasteiger partial charge in [-0.2, -0.15) is 0 Å². The number of hydrogen-bond donors (Lipinski definition) is 0. The molecular weight excluding hydrogens is 193 g/mol. The SMILES string of the molecule is CC(C)c1cnc(-c2ccccc2F)o1. The van der Waals surface area contributed by atoms with Crippen LogP contribution in [-0.4, -0.2) is 4.98 Å². The van der Waals surface area contributed by atoms with Gasteiger partial charge in [-0.1, -0.05) is 26.0 Å². The van der Waals surface area contributed by atoms with Crippen molar-refractivity contribution in [3.63, 3.8) is 0 Å². The van der Waals surface area contributed by atoms with Crippen molar-refractivity contribution >= 4 is 0 Å². The number of aromatic nitrogens is 1. The average Bonchev–Trinajstić information content (AvgIpc) is 2.67. The predicted molar refractivity (Wildman–Crippen MR) is 56.0 cm³/mol. The Kier molecular flexibility index (Phi) is 2.54. The Balaban J connectivity index is 2.42. The number of hydrogen-bond acceptors (Lipinski definition) is 2. The van der Waals surface area contributed by atoms with E-state index in [1.165, 1.54) is 6.07 Å². The molecule has 1 aromatic carbocycles. The summed E-state index contributed by atoms with van der Waals surface area (Å²) in [5.74, 6) is 1.07. The van der Waals surface area contributed by atoms with Gasteiger partial charge in [-0.15, -0.1) is 0 Å². The summed E-state index contributed by atoms with van der Waals surface area (Å²) in [5.41, 5.74) is 0.407. The minimum Gasteiger partial charge on any atom is -0.441 e. The van der Waals surface area contributed by atoms with E-state index in [2.05, 4.69) is 4.98 Å². The van der Waals surface area contributed by atoms with Crippen LogP contribution in [0.4, 0.5) is 4.39 Å². The topological polar surface area (TPSA) is 26.0 Å². The Morgan fingerprint density at radius 3 is 2.60 bits per heavy atom. The van der Waals surface area contributed by atoms with Crippen LogP contribution < -0.4 is 0 Å². The van der Waals surface area contributed by atoms with E-state index in [-0.39, 0.29) is 11.7 Å². The van der Waals surface area contributed by atoms with Gasteiger partial charge in [-0.3, -0.25) is 0 Å². The highest BCUT2D eigenvalue weighted by Crippen LogP contribution is 2.24. The maximum Gasteiger partial charge on any atom is 0.229 e. The maximum atomic E-state index is 13.4. The van der Waals surface area contributed by atoms with E-state index in [1.807, 2.05) is 13.8 Å². The molecule has 0 unspecified atom stereocenters. The van der Waals surface area contributed by atoms with Crippen LogP contribution in [0.1, 0.15) is 25.5 Å². The largest absolute Gasteiger partial charge is 0.441 e. The molecule has 0 radical (unpaired) electrons. The highest BCUT2D eigenvalue weighted by molar-refractivity contribution is 5.53. The van der Waals surface area contributed by atoms with E-state index in [4.69, 9.17) is 4.42 Å². The standard InChI is InChI=1S/C12H12FNO/c1-8(2)11-7-14-12(15-11)9-5-3-4-6-10(9)13/h3-8H,1-2H3. The first-order valence-electron chi connectivity index (χ1n) is 4.89. The van der Waals surface area contributed by atoms with Gasteiger partial charge in [-0.25, -0.2) is 9.37 Å². The van der Waals surface area contributed by atoms with Crippen LogP contribution in [0.15, 0.2) is 34.9 Å². The molecule has 0 atom stereocenters. The van der Waals surface area contributed by atoms with E-state index >= 15 is 0 Å². The van der Waals surface area contributed by atoms with Crippen LogP contribution in [0, 0.1) is 5.82 Å². The second kappa shape index (κ2) is 3.85. The van der Waals surface area contributed by atoms with Gasteiger partial charge in [0.2, 0.25) is 5.89 Å². The van der Waals surface area contributed by atoms with E-state index in [0.29, 0.717) is 11.5 Å². The normalized spacial score (nSPS) is 10.9. The molecule has 0 spiro atoms. The van der Waals surface area contributed by atoms with Crippen LogP contribution in [-0.2, 0) is 0 Å². The van der Waals surface area contributed by atoms with Crippen LogP contribution in [0.3, 0.4) is 0 Å². The van der Waals surface area contributed by atoms with Gasteiger partial charge in [0.05, 0.1) is 11.8 Å². The Labute approximate surface area is 87.8 Å². The number of rotatable bonds is 2. The van der Waals surface area contributed by atoms with Crippen molar-refractivity contribution in [3.8, 4) is 11.5 Å². The van der Waals surface area contributed by atoms with Gasteiger partial charge in [0, 0.05) is 5.92 Å². The molecular formula is C12H12FNO. The minimum absolute atomic E-state index is 0.262. The Morgan fingerprint density at radius 1 is 1.27 bits per heavy atom. The number of nitrogens with zero attached hydrogens (tertiary/aromatic N) is 1. The molecule has 0 amide bonds. The summed E-state index contributed by atoms with van der Waals surface area (Å²) in [6.45, 7) is 4.01. The monoisotopic (exact) mass is 205 g/mol. The van der Waals surface area contributed by atoms with Crippen molar-refractivity contribution < 1.29 is 8.81 Å². The fourth-order valence-electron chi connectivity index (χ4n) is 1.31. The number of halogens is 1. The van der Waals surface area contributed by atoms with Crippen molar-refractivity contribution in [1.82, 2.24) is 4.98 Å². The number of benzene rings is 1. The minimum atomic E-state index is -0.311. The summed E-state index contributed by atoms with van der Waals surface area (Å²) in [4.78, 5) is 4.06. The summed E-state index contributed by atoms with van der Waals surface area (Å²) < 4.78 is 18.8. The second-order valence-corrected chi connectivity index (χ2v) is 3.70. The second-order valence-electron chi connectivity index (χ2n) is 3.70. The highest BCUT2D eigenvalue weighted by Gasteiger charge is 2.12. The van der Waals surface area contributed by atoms with Crippen molar-refractivity contribution in [2.24, 2.45) is 0 Å². The first kappa shape index (κ1) is 9.90. The van der Waals surface area contributed by atoms with E-state index in [9.17, 15) is 4.39 Å². The number of oxazole rings is 1. The van der Waals surface area contributed by atoms with Crippen molar-refractivity contribution in [2.45, 2.75) is 19.8 Å². The predicted octanol–water partition coefficient (Wildman–Crippen LogP) is 3.60. The summed E-state index contributed by atoms with van der Waals surface area (Å²) >= 11 is 0. The smallest absolute Gasteiger partial charge is 0.229 e. The van der Waals surface area contributed by atoms with Gasteiger partial charge in [-0.05, 0) is 12.1 Å². The molecule has 0 saturated heterocycles. The van der Waals surface area contributed by atoms with Crippen molar-refractivity contribution in [2.75, 3.05) is 0 Å². The molecule has 0 fully saturated rings. The van der Waals surface area contributed by atoms with Crippen LogP contribution >= 0.6 is 0 Å². The maximum absolute atomic E-state index is 13.4. The Bertz CT molecular complexity index is 462. The lowest BCUT2D eigenvalue weighted by Crippen LogP contribution is -1.83. The van der Waals surface area contributed by atoms with Gasteiger partial charge < -0.3 is 4.42 Å². The molecule has 1 heterocycles. The van der Waals surface area contributed by atoms with Gasteiger partial charge >= 0.3 is 0 Å². The van der Waals surface area contributed by atoms with Crippen molar-refractivity contribution in [3.05, 3.63) is 42.0 Å². The first-order valence-corrected chi connectivity index (χ1v) is 4.89. The molecule has 15 heavy (non-hydrogen) atoms. The third-order valence-corrected chi connectivity index (χ3v) is 2.20. The molecule has 0 bridgehead atoms. The molecule has 3 heteroatoms. The fourth-order valence-corrected chi connectivity index (χ4v) is 1.31. The lowest BCUT2D eigenvalue weighted by atomic mass is 10.2. The van der Waals surface area contributed by atoms with Gasteiger partial charge in [0.1, 0.15) is 11.6 Å². The Morgan fingerprint density at radius 2 is 2.00 bits per heavy atom. The van der Waals surface area contributed by atoms with Crippen LogP contribution in [0.2, 0.25) is 0 Å². The zero-order valence-corrected chi connectivity index (χ0v) is 8.70. The van der Waals surface area contributed by atoms with Crippen LogP contribution in [0.25, 0.3) is 11.5 Å². The summed E-state index contributed by atoms with van der Waals surface area (Å²) in [7, 11) is 0. The molecule has 0 aliphatic rings. The van der Waals surface area contributed by atoms with Gasteiger partial charge in [0.15, 0.2) is 0 Å². The molecule has 2 aromatic rings. The lowest BCUT2D eigenvalue weighted by Gasteiger charge is -1.98. The molecule has 0 saturated carbocycles. The molecule has 2 rings (SSSR count). The van der Waals surface area contributed by atoms with E-state index in [0.717, 1.165) is 5.76 Å². The first-order chi connectivity index (χ1) is 7.18. The molecule has 0 aliphatic heterocycles. The van der Waals surface area contributed by atoms with E-state index < -0.39 is 0 Å². The van der Waals surface area contributed by atoms with Crippen molar-refractivity contribution in [1.29, 1.82) is 0 Å². The molecule has 78 valence electrons. The highest BCUT2D eigenvalue weighted by atomic mass is 19.1. The van der Waals surface area contributed by atoms with E-state index in [1.54, 1.807) is 24.4 Å². The summed E-state index contributed by atoms with van der Waals surface area (Å²) in [6, 6.07) is 6.46. The molecule has 0 aliphatic carbocycles. The van der Waals surface area contributed by atoms with Gasteiger partial charge in [0.25, 0.3) is 0 Å². The zero-order chi connectivity index (χ0) is 10.8. The average molecular weight is 205 g/mol. The quantitative estimate of drug-likeness (QED) is 0.748. The zero-order valence-electron chi connectivity index (χ0n) is 8.70. The lowest BCUT2D eigenvalue weighted by molar-refractivity contribution is 0.491. The third-order valence-electron chi connectivity index (χ3n) is 2.20. The van der Waals surface area contributed by atoms with Crippen LogP contribution in [0.5, 0.6) is 0 Å².